The van der Waals surface area contributed by atoms with E-state index in [0.29, 0.717) is 0 Å². The molecular weight excluding hydrogens is 291 g/mol. The molecular formula is C15H14ClFN4. The van der Waals surface area contributed by atoms with Crippen molar-refractivity contribution in [2.24, 2.45) is 0 Å². The Labute approximate surface area is 127 Å². The van der Waals surface area contributed by atoms with E-state index in [2.05, 4.69) is 26.9 Å². The van der Waals surface area contributed by atoms with E-state index in [9.17, 15) is 4.39 Å². The lowest BCUT2D eigenvalue weighted by Gasteiger charge is -1.97. The minimum absolute atomic E-state index is 0. The first kappa shape index (κ1) is 15.1. The molecule has 0 amide bonds. The van der Waals surface area contributed by atoms with Gasteiger partial charge < -0.3 is 4.98 Å². The molecule has 0 radical (unpaired) electrons. The molecule has 3 rings (SSSR count). The first-order valence-corrected chi connectivity index (χ1v) is 6.38. The second-order valence-corrected chi connectivity index (χ2v) is 4.40. The Balaban J connectivity index is 0.00000161. The summed E-state index contributed by atoms with van der Waals surface area (Å²) < 4.78 is 13.0. The highest BCUT2D eigenvalue weighted by Gasteiger charge is 2.12. The van der Waals surface area contributed by atoms with Crippen LogP contribution < -0.4 is 0 Å². The minimum Gasteiger partial charge on any atom is -0.341 e. The molecule has 108 valence electrons. The number of benzene rings is 1. The Bertz CT molecular complexity index is 710. The van der Waals surface area contributed by atoms with Gasteiger partial charge in [-0.3, -0.25) is 0 Å². The van der Waals surface area contributed by atoms with E-state index < -0.39 is 0 Å². The molecule has 4 nitrogen and oxygen atoms in total. The van der Waals surface area contributed by atoms with Crippen molar-refractivity contribution >= 4 is 12.4 Å². The largest absolute Gasteiger partial charge is 0.341 e. The summed E-state index contributed by atoms with van der Waals surface area (Å²) in [7, 11) is 0. The monoisotopic (exact) mass is 304 g/mol. The van der Waals surface area contributed by atoms with Crippen LogP contribution >= 0.6 is 12.4 Å². The van der Waals surface area contributed by atoms with Gasteiger partial charge in [0.2, 0.25) is 0 Å². The van der Waals surface area contributed by atoms with E-state index in [1.807, 2.05) is 0 Å². The molecule has 0 spiro atoms. The zero-order chi connectivity index (χ0) is 13.9. The lowest BCUT2D eigenvalue weighted by molar-refractivity contribution is 0.628. The van der Waals surface area contributed by atoms with Gasteiger partial charge in [-0.25, -0.2) is 19.3 Å². The van der Waals surface area contributed by atoms with Gasteiger partial charge in [-0.1, -0.05) is 6.92 Å². The fourth-order valence-corrected chi connectivity index (χ4v) is 2.07. The Morgan fingerprint density at radius 2 is 1.71 bits per heavy atom. The average molecular weight is 305 g/mol. The number of rotatable bonds is 3. The van der Waals surface area contributed by atoms with Gasteiger partial charge in [-0.05, 0) is 30.7 Å². The average Bonchev–Trinajstić information content (AvgIpc) is 2.93. The lowest BCUT2D eigenvalue weighted by Crippen LogP contribution is -1.87. The maximum atomic E-state index is 13.0. The molecule has 0 atom stereocenters. The topological polar surface area (TPSA) is 54.5 Å². The molecule has 1 N–H and O–H groups in total. The number of hydrogen-bond acceptors (Lipinski definition) is 3. The van der Waals surface area contributed by atoms with Crippen molar-refractivity contribution in [3.8, 4) is 22.6 Å². The van der Waals surface area contributed by atoms with E-state index in [0.717, 1.165) is 34.8 Å². The van der Waals surface area contributed by atoms with Gasteiger partial charge in [0, 0.05) is 29.2 Å². The third kappa shape index (κ3) is 3.08. The van der Waals surface area contributed by atoms with E-state index in [1.165, 1.54) is 18.5 Å². The molecule has 2 aromatic heterocycles. The van der Waals surface area contributed by atoms with Gasteiger partial charge in [0.25, 0.3) is 0 Å². The number of hydrogen-bond donors (Lipinski definition) is 1. The number of nitrogens with one attached hydrogen (secondary N) is 1. The summed E-state index contributed by atoms with van der Waals surface area (Å²) in [6.45, 7) is 2.05. The minimum atomic E-state index is -0.257. The Hall–Kier alpha value is -2.27. The summed E-state index contributed by atoms with van der Waals surface area (Å²) in [5.74, 6) is 0.466. The van der Waals surface area contributed by atoms with Crippen molar-refractivity contribution < 1.29 is 4.39 Å². The third-order valence-electron chi connectivity index (χ3n) is 3.08. The maximum absolute atomic E-state index is 13.0. The van der Waals surface area contributed by atoms with Crippen molar-refractivity contribution in [1.82, 2.24) is 19.9 Å². The molecule has 0 bridgehead atoms. The molecule has 2 heterocycles. The van der Waals surface area contributed by atoms with Crippen LogP contribution in [0.3, 0.4) is 0 Å². The van der Waals surface area contributed by atoms with Crippen LogP contribution in [-0.4, -0.2) is 19.9 Å². The normalized spacial score (nSPS) is 10.2. The number of halogens is 2. The molecule has 0 aliphatic carbocycles. The Kier molecular flexibility index (Phi) is 4.65. The lowest BCUT2D eigenvalue weighted by atomic mass is 10.2. The quantitative estimate of drug-likeness (QED) is 0.803. The second kappa shape index (κ2) is 6.45. The number of aromatic nitrogens is 4. The zero-order valence-electron chi connectivity index (χ0n) is 11.4. The van der Waals surface area contributed by atoms with Crippen molar-refractivity contribution in [2.45, 2.75) is 13.3 Å². The Morgan fingerprint density at radius 1 is 1.05 bits per heavy atom. The maximum Gasteiger partial charge on any atom is 0.138 e. The molecule has 0 saturated heterocycles. The molecule has 0 fully saturated rings. The number of aromatic amines is 1. The zero-order valence-corrected chi connectivity index (χ0v) is 12.2. The van der Waals surface area contributed by atoms with Crippen molar-refractivity contribution in [2.75, 3.05) is 0 Å². The van der Waals surface area contributed by atoms with Gasteiger partial charge in [0.15, 0.2) is 0 Å². The molecule has 0 aliphatic heterocycles. The molecule has 1 aromatic carbocycles. The van der Waals surface area contributed by atoms with Gasteiger partial charge in [-0.2, -0.15) is 0 Å². The van der Waals surface area contributed by atoms with Crippen LogP contribution in [0.15, 0.2) is 43.0 Å². The van der Waals surface area contributed by atoms with Gasteiger partial charge in [0.1, 0.15) is 18.0 Å². The van der Waals surface area contributed by atoms with Gasteiger partial charge in [0.05, 0.1) is 5.69 Å². The van der Waals surface area contributed by atoms with Crippen LogP contribution in [0.2, 0.25) is 0 Å². The number of aryl methyl sites for hydroxylation is 1. The van der Waals surface area contributed by atoms with E-state index >= 15 is 0 Å². The molecule has 0 aliphatic rings. The van der Waals surface area contributed by atoms with Crippen molar-refractivity contribution in [3.05, 3.63) is 54.5 Å². The van der Waals surface area contributed by atoms with Gasteiger partial charge in [-0.15, -0.1) is 12.4 Å². The summed E-state index contributed by atoms with van der Waals surface area (Å²) in [6.07, 6.45) is 5.77. The van der Waals surface area contributed by atoms with E-state index in [1.54, 1.807) is 24.5 Å². The van der Waals surface area contributed by atoms with Gasteiger partial charge >= 0.3 is 0 Å². The fraction of sp³-hybridized carbons (Fsp3) is 0.133. The summed E-state index contributed by atoms with van der Waals surface area (Å²) in [6, 6.07) is 6.27. The summed E-state index contributed by atoms with van der Waals surface area (Å²) in [5, 5.41) is 0. The first-order valence-electron chi connectivity index (χ1n) is 6.38. The molecule has 6 heteroatoms. The number of imidazole rings is 1. The summed E-state index contributed by atoms with van der Waals surface area (Å²) >= 11 is 0. The smallest absolute Gasteiger partial charge is 0.138 e. The number of H-pyrrole nitrogens is 1. The van der Waals surface area contributed by atoms with Crippen LogP contribution in [0.25, 0.3) is 22.6 Å². The molecule has 0 unspecified atom stereocenters. The SMILES string of the molecule is CCc1[nH]c(-c2ccc(F)cc2)nc1-c1cncnc1.Cl. The highest BCUT2D eigenvalue weighted by molar-refractivity contribution is 5.85. The Morgan fingerprint density at radius 3 is 2.33 bits per heavy atom. The van der Waals surface area contributed by atoms with Crippen molar-refractivity contribution in [3.63, 3.8) is 0 Å². The third-order valence-corrected chi connectivity index (χ3v) is 3.08. The molecule has 3 aromatic rings. The van der Waals surface area contributed by atoms with E-state index in [-0.39, 0.29) is 18.2 Å². The van der Waals surface area contributed by atoms with Crippen LogP contribution in [0.1, 0.15) is 12.6 Å². The molecule has 0 saturated carbocycles. The van der Waals surface area contributed by atoms with Crippen LogP contribution in [0, 0.1) is 5.82 Å². The first-order chi connectivity index (χ1) is 9.78. The van der Waals surface area contributed by atoms with Crippen LogP contribution in [-0.2, 0) is 6.42 Å². The fourth-order valence-electron chi connectivity index (χ4n) is 2.07. The van der Waals surface area contributed by atoms with E-state index in [4.69, 9.17) is 0 Å². The predicted molar refractivity (Wildman–Crippen MR) is 81.6 cm³/mol. The summed E-state index contributed by atoms with van der Waals surface area (Å²) in [5.41, 5.74) is 3.57. The highest BCUT2D eigenvalue weighted by Crippen LogP contribution is 2.25. The number of nitrogens with zero attached hydrogens (tertiary/aromatic N) is 3. The highest BCUT2D eigenvalue weighted by atomic mass is 35.5. The standard InChI is InChI=1S/C15H13FN4.ClH/c1-2-13-14(11-7-17-9-18-8-11)20-15(19-13)10-3-5-12(16)6-4-10;/h3-9H,2H2,1H3,(H,19,20);1H. The second-order valence-electron chi connectivity index (χ2n) is 4.40. The van der Waals surface area contributed by atoms with Crippen LogP contribution in [0.4, 0.5) is 4.39 Å². The molecule has 21 heavy (non-hydrogen) atoms. The van der Waals surface area contributed by atoms with Crippen molar-refractivity contribution in [1.29, 1.82) is 0 Å². The summed E-state index contributed by atoms with van der Waals surface area (Å²) in [4.78, 5) is 15.9. The van der Waals surface area contributed by atoms with Crippen LogP contribution in [0.5, 0.6) is 0 Å². The predicted octanol–water partition coefficient (Wildman–Crippen LogP) is 3.66.